The second kappa shape index (κ2) is 8.33. The monoisotopic (exact) mass is 313 g/mol. The molecule has 1 N–H and O–H groups in total. The molecular weight excluding hydrogens is 280 g/mol. The van der Waals surface area contributed by atoms with E-state index in [1.807, 2.05) is 6.20 Å². The van der Waals surface area contributed by atoms with Crippen LogP contribution in [0, 0.1) is 0 Å². The molecule has 0 aliphatic carbocycles. The first-order chi connectivity index (χ1) is 11.0. The van der Waals surface area contributed by atoms with Crippen molar-refractivity contribution in [1.29, 1.82) is 0 Å². The number of nitrogens with one attached hydrogen (secondary N) is 1. The van der Waals surface area contributed by atoms with Crippen LogP contribution < -0.4 is 4.57 Å². The summed E-state index contributed by atoms with van der Waals surface area (Å²) in [5.41, 5.74) is 4.66. The molecule has 0 saturated carbocycles. The Kier molecular flexibility index (Phi) is 6.44. The Bertz CT molecular complexity index is 556. The molecule has 1 aromatic carbocycles. The highest BCUT2D eigenvalue weighted by atomic mass is 15.0. The van der Waals surface area contributed by atoms with Crippen molar-refractivity contribution in [3.05, 3.63) is 53.6 Å². The third kappa shape index (κ3) is 4.46. The molecule has 0 amide bonds. The molecule has 2 nitrogen and oxygen atoms in total. The summed E-state index contributed by atoms with van der Waals surface area (Å²) in [6.45, 7) is 11.5. The fraction of sp³-hybridized carbons (Fsp3) is 0.571. The summed E-state index contributed by atoms with van der Waals surface area (Å²) < 4.78 is 2.34. The Morgan fingerprint density at radius 1 is 1.00 bits per heavy atom. The van der Waals surface area contributed by atoms with Crippen LogP contribution in [0.1, 0.15) is 88.4 Å². The highest BCUT2D eigenvalue weighted by Gasteiger charge is 2.18. The van der Waals surface area contributed by atoms with Crippen molar-refractivity contribution in [2.24, 2.45) is 0 Å². The van der Waals surface area contributed by atoms with Crippen molar-refractivity contribution in [2.45, 2.75) is 78.2 Å². The molecule has 23 heavy (non-hydrogen) atoms. The van der Waals surface area contributed by atoms with Crippen LogP contribution in [-0.4, -0.2) is 4.98 Å². The van der Waals surface area contributed by atoms with E-state index in [0.717, 1.165) is 0 Å². The SMILES string of the molecule is CCCC(CCc1c(C(C)C)cccc1C(C)C)[n+]1cc[nH]c1. The smallest absolute Gasteiger partial charge is 0.241 e. The Hall–Kier alpha value is -1.57. The van der Waals surface area contributed by atoms with Gasteiger partial charge < -0.3 is 0 Å². The van der Waals surface area contributed by atoms with Crippen LogP contribution >= 0.6 is 0 Å². The molecule has 1 unspecified atom stereocenters. The van der Waals surface area contributed by atoms with Gasteiger partial charge in [-0.25, -0.2) is 4.57 Å². The molecule has 0 bridgehead atoms. The van der Waals surface area contributed by atoms with E-state index >= 15 is 0 Å². The number of benzene rings is 1. The Labute approximate surface area is 142 Å². The predicted octanol–water partition coefficient (Wildman–Crippen LogP) is 5.52. The lowest BCUT2D eigenvalue weighted by Gasteiger charge is -2.21. The zero-order chi connectivity index (χ0) is 16.8. The lowest BCUT2D eigenvalue weighted by atomic mass is 9.85. The first kappa shape index (κ1) is 17.8. The molecule has 1 atom stereocenters. The highest BCUT2D eigenvalue weighted by molar-refractivity contribution is 5.39. The minimum absolute atomic E-state index is 0.589. The molecule has 1 aromatic heterocycles. The number of aromatic nitrogens is 2. The molecule has 0 radical (unpaired) electrons. The summed E-state index contributed by atoms with van der Waals surface area (Å²) >= 11 is 0. The van der Waals surface area contributed by atoms with Crippen molar-refractivity contribution in [1.82, 2.24) is 4.98 Å². The van der Waals surface area contributed by atoms with E-state index in [4.69, 9.17) is 0 Å². The summed E-state index contributed by atoms with van der Waals surface area (Å²) in [4.78, 5) is 3.19. The lowest BCUT2D eigenvalue weighted by Crippen LogP contribution is -2.37. The molecule has 0 spiro atoms. The Morgan fingerprint density at radius 3 is 2.13 bits per heavy atom. The van der Waals surface area contributed by atoms with Crippen LogP contribution in [0.15, 0.2) is 36.9 Å². The summed E-state index contributed by atoms with van der Waals surface area (Å²) in [5.74, 6) is 1.18. The fourth-order valence-electron chi connectivity index (χ4n) is 3.61. The molecule has 126 valence electrons. The lowest BCUT2D eigenvalue weighted by molar-refractivity contribution is -0.723. The molecule has 0 aliphatic rings. The van der Waals surface area contributed by atoms with Crippen LogP contribution in [0.2, 0.25) is 0 Å². The minimum Gasteiger partial charge on any atom is -0.250 e. The number of rotatable bonds is 8. The van der Waals surface area contributed by atoms with Crippen molar-refractivity contribution < 1.29 is 4.57 Å². The number of hydrogen-bond donors (Lipinski definition) is 1. The van der Waals surface area contributed by atoms with E-state index < -0.39 is 0 Å². The second-order valence-electron chi connectivity index (χ2n) is 7.26. The van der Waals surface area contributed by atoms with Crippen LogP contribution in [0.25, 0.3) is 0 Å². The molecule has 2 aromatic rings. The van der Waals surface area contributed by atoms with Crippen LogP contribution in [0.3, 0.4) is 0 Å². The van der Waals surface area contributed by atoms with Gasteiger partial charge in [-0.3, -0.25) is 4.98 Å². The van der Waals surface area contributed by atoms with Gasteiger partial charge in [0.2, 0.25) is 6.33 Å². The molecule has 2 rings (SSSR count). The number of nitrogens with zero attached hydrogens (tertiary/aromatic N) is 1. The largest absolute Gasteiger partial charge is 0.250 e. The van der Waals surface area contributed by atoms with Gasteiger partial charge >= 0.3 is 0 Å². The van der Waals surface area contributed by atoms with Gasteiger partial charge in [0.25, 0.3) is 0 Å². The van der Waals surface area contributed by atoms with E-state index in [-0.39, 0.29) is 0 Å². The van der Waals surface area contributed by atoms with Gasteiger partial charge in [-0.05, 0) is 47.8 Å². The van der Waals surface area contributed by atoms with Crippen molar-refractivity contribution >= 4 is 0 Å². The van der Waals surface area contributed by atoms with Gasteiger partial charge in [0.05, 0.1) is 0 Å². The standard InChI is InChI=1S/C21H32N2/c1-6-8-18(23-14-13-22-15-23)11-12-21-19(16(2)3)9-7-10-20(21)17(4)5/h7,9-10,13-18H,6,8,11-12H2,1-5H3/p+1. The van der Waals surface area contributed by atoms with Crippen molar-refractivity contribution in [2.75, 3.05) is 0 Å². The van der Waals surface area contributed by atoms with Crippen LogP contribution in [0.5, 0.6) is 0 Å². The minimum atomic E-state index is 0.589. The summed E-state index contributed by atoms with van der Waals surface area (Å²) in [6, 6.07) is 7.47. The number of hydrogen-bond acceptors (Lipinski definition) is 0. The predicted molar refractivity (Wildman–Crippen MR) is 97.9 cm³/mol. The summed E-state index contributed by atoms with van der Waals surface area (Å²) in [6.07, 6.45) is 11.1. The van der Waals surface area contributed by atoms with E-state index in [1.54, 1.807) is 5.56 Å². The number of H-pyrrole nitrogens is 1. The Morgan fingerprint density at radius 2 is 1.65 bits per heavy atom. The molecule has 2 heteroatoms. The van der Waals surface area contributed by atoms with E-state index in [1.165, 1.54) is 36.8 Å². The second-order valence-corrected chi connectivity index (χ2v) is 7.26. The molecule has 0 fully saturated rings. The molecule has 0 saturated heterocycles. The van der Waals surface area contributed by atoms with Gasteiger partial charge in [0.1, 0.15) is 18.4 Å². The number of imidazole rings is 1. The molecular formula is C21H33N2+. The zero-order valence-electron chi connectivity index (χ0n) is 15.5. The first-order valence-electron chi connectivity index (χ1n) is 9.19. The highest BCUT2D eigenvalue weighted by Crippen LogP contribution is 2.30. The van der Waals surface area contributed by atoms with Crippen LogP contribution in [0.4, 0.5) is 0 Å². The normalized spacial score (nSPS) is 13.0. The average Bonchev–Trinajstić information content (AvgIpc) is 3.05. The van der Waals surface area contributed by atoms with Gasteiger partial charge in [-0.2, -0.15) is 0 Å². The van der Waals surface area contributed by atoms with Gasteiger partial charge in [-0.1, -0.05) is 59.2 Å². The maximum absolute atomic E-state index is 3.19. The summed E-state index contributed by atoms with van der Waals surface area (Å²) in [5, 5.41) is 0. The fourth-order valence-corrected chi connectivity index (χ4v) is 3.61. The van der Waals surface area contributed by atoms with Crippen molar-refractivity contribution in [3.8, 4) is 0 Å². The van der Waals surface area contributed by atoms with Gasteiger partial charge in [0.15, 0.2) is 0 Å². The Balaban J connectivity index is 2.24. The van der Waals surface area contributed by atoms with Crippen molar-refractivity contribution in [3.63, 3.8) is 0 Å². The maximum atomic E-state index is 3.19. The summed E-state index contributed by atoms with van der Waals surface area (Å²) in [7, 11) is 0. The zero-order valence-corrected chi connectivity index (χ0v) is 15.5. The topological polar surface area (TPSA) is 19.7 Å². The molecule has 0 aliphatic heterocycles. The first-order valence-corrected chi connectivity index (χ1v) is 9.19. The van der Waals surface area contributed by atoms with E-state index in [2.05, 4.69) is 74.9 Å². The van der Waals surface area contributed by atoms with Gasteiger partial charge in [-0.15, -0.1) is 0 Å². The quantitative estimate of drug-likeness (QED) is 0.619. The van der Waals surface area contributed by atoms with E-state index in [0.29, 0.717) is 17.9 Å². The van der Waals surface area contributed by atoms with Crippen LogP contribution in [-0.2, 0) is 6.42 Å². The third-order valence-electron chi connectivity index (χ3n) is 4.83. The number of aromatic amines is 1. The van der Waals surface area contributed by atoms with Gasteiger partial charge in [0, 0.05) is 0 Å². The maximum Gasteiger partial charge on any atom is 0.241 e. The third-order valence-corrected chi connectivity index (χ3v) is 4.83. The van der Waals surface area contributed by atoms with E-state index in [9.17, 15) is 0 Å². The average molecular weight is 314 g/mol. The molecule has 1 heterocycles.